The van der Waals surface area contributed by atoms with Gasteiger partial charge in [0, 0.05) is 11.4 Å². The number of hydrogen-bond donors (Lipinski definition) is 0. The van der Waals surface area contributed by atoms with Gasteiger partial charge in [0.2, 0.25) is 10.0 Å². The summed E-state index contributed by atoms with van der Waals surface area (Å²) < 4.78 is 25.3. The molecule has 0 saturated heterocycles. The van der Waals surface area contributed by atoms with Crippen LogP contribution in [0.5, 0.6) is 0 Å². The first-order valence-electron chi connectivity index (χ1n) is 6.83. The molecule has 0 fully saturated rings. The summed E-state index contributed by atoms with van der Waals surface area (Å²) in [6, 6.07) is 16.5. The van der Waals surface area contributed by atoms with Crippen molar-refractivity contribution < 1.29 is 8.42 Å². The molecule has 1 aliphatic rings. The molecule has 114 valence electrons. The minimum Gasteiger partial charge on any atom is -0.205 e. The molecule has 0 radical (unpaired) electrons. The molecule has 6 heteroatoms. The van der Waals surface area contributed by atoms with Crippen LogP contribution in [0.15, 0.2) is 59.7 Å². The molecule has 0 spiro atoms. The van der Waals surface area contributed by atoms with Crippen LogP contribution >= 0.6 is 11.6 Å². The number of sulfonamides is 1. The second-order valence-electron chi connectivity index (χ2n) is 5.22. The van der Waals surface area contributed by atoms with Gasteiger partial charge in [0.1, 0.15) is 0 Å². The summed E-state index contributed by atoms with van der Waals surface area (Å²) in [7, 11) is -3.44. The molecule has 1 aliphatic heterocycles. The average molecular weight is 335 g/mol. The van der Waals surface area contributed by atoms with Crippen LogP contribution in [0.3, 0.4) is 0 Å². The Morgan fingerprint density at radius 1 is 1.09 bits per heavy atom. The Balaban J connectivity index is 2.00. The normalized spacial score (nSPS) is 18.4. The highest BCUT2D eigenvalue weighted by Gasteiger charge is 2.34. The minimum atomic E-state index is -3.44. The van der Waals surface area contributed by atoms with E-state index >= 15 is 0 Å². The molecule has 0 aromatic heterocycles. The SMILES string of the molecule is CS(=O)(=O)N1N=C(c2ccccc2)C[C@@H]1c1ccc(Cl)cc1. The molecule has 22 heavy (non-hydrogen) atoms. The summed E-state index contributed by atoms with van der Waals surface area (Å²) in [5.41, 5.74) is 2.59. The molecule has 1 heterocycles. The zero-order valence-electron chi connectivity index (χ0n) is 12.0. The monoisotopic (exact) mass is 334 g/mol. The molecular weight excluding hydrogens is 320 g/mol. The number of rotatable bonds is 3. The van der Waals surface area contributed by atoms with Gasteiger partial charge < -0.3 is 0 Å². The Bertz CT molecular complexity index is 802. The van der Waals surface area contributed by atoms with Gasteiger partial charge in [-0.05, 0) is 23.3 Å². The Morgan fingerprint density at radius 3 is 2.32 bits per heavy atom. The highest BCUT2D eigenvalue weighted by Crippen LogP contribution is 2.34. The van der Waals surface area contributed by atoms with E-state index in [2.05, 4.69) is 5.10 Å². The van der Waals surface area contributed by atoms with E-state index in [9.17, 15) is 8.42 Å². The van der Waals surface area contributed by atoms with Crippen molar-refractivity contribution in [2.75, 3.05) is 6.26 Å². The van der Waals surface area contributed by atoms with Crippen molar-refractivity contribution in [3.05, 3.63) is 70.7 Å². The zero-order chi connectivity index (χ0) is 15.7. The molecule has 2 aromatic carbocycles. The molecule has 4 nitrogen and oxygen atoms in total. The quantitative estimate of drug-likeness (QED) is 0.863. The lowest BCUT2D eigenvalue weighted by Crippen LogP contribution is -2.25. The summed E-state index contributed by atoms with van der Waals surface area (Å²) in [6.45, 7) is 0. The van der Waals surface area contributed by atoms with E-state index in [1.54, 1.807) is 12.1 Å². The van der Waals surface area contributed by atoms with Crippen molar-refractivity contribution in [2.45, 2.75) is 12.5 Å². The van der Waals surface area contributed by atoms with Crippen LogP contribution in [-0.2, 0) is 10.0 Å². The van der Waals surface area contributed by atoms with Crippen LogP contribution in [0.4, 0.5) is 0 Å². The fourth-order valence-electron chi connectivity index (χ4n) is 2.53. The number of hydrogen-bond acceptors (Lipinski definition) is 3. The van der Waals surface area contributed by atoms with Gasteiger partial charge >= 0.3 is 0 Å². The van der Waals surface area contributed by atoms with Gasteiger partial charge in [0.05, 0.1) is 18.0 Å². The van der Waals surface area contributed by atoms with Crippen LogP contribution < -0.4 is 0 Å². The molecule has 1 atom stereocenters. The average Bonchev–Trinajstić information content (AvgIpc) is 2.94. The molecule has 0 saturated carbocycles. The Morgan fingerprint density at radius 2 is 1.73 bits per heavy atom. The van der Waals surface area contributed by atoms with Crippen LogP contribution in [-0.4, -0.2) is 24.8 Å². The Hall–Kier alpha value is -1.85. The van der Waals surface area contributed by atoms with Crippen LogP contribution in [0.25, 0.3) is 0 Å². The third-order valence-corrected chi connectivity index (χ3v) is 4.84. The maximum Gasteiger partial charge on any atom is 0.247 e. The van der Waals surface area contributed by atoms with Gasteiger partial charge in [-0.2, -0.15) is 9.52 Å². The largest absolute Gasteiger partial charge is 0.247 e. The van der Waals surface area contributed by atoms with E-state index in [0.29, 0.717) is 11.4 Å². The molecule has 0 unspecified atom stereocenters. The van der Waals surface area contributed by atoms with E-state index < -0.39 is 10.0 Å². The Kier molecular flexibility index (Phi) is 3.93. The second-order valence-corrected chi connectivity index (χ2v) is 7.50. The molecule has 0 N–H and O–H groups in total. The van der Waals surface area contributed by atoms with Gasteiger partial charge in [-0.15, -0.1) is 0 Å². The van der Waals surface area contributed by atoms with Gasteiger partial charge in [-0.25, -0.2) is 8.42 Å². The number of benzene rings is 2. The van der Waals surface area contributed by atoms with Crippen LogP contribution in [0.1, 0.15) is 23.6 Å². The van der Waals surface area contributed by atoms with Gasteiger partial charge in [-0.3, -0.25) is 0 Å². The maximum atomic E-state index is 12.1. The summed E-state index contributed by atoms with van der Waals surface area (Å²) in [5.74, 6) is 0. The lowest BCUT2D eigenvalue weighted by molar-refractivity contribution is 0.375. The molecule has 0 amide bonds. The van der Waals surface area contributed by atoms with E-state index in [4.69, 9.17) is 11.6 Å². The molecular formula is C16H15ClN2O2S. The maximum absolute atomic E-state index is 12.1. The van der Waals surface area contributed by atoms with Crippen molar-refractivity contribution >= 4 is 27.3 Å². The Labute approximate surface area is 135 Å². The predicted octanol–water partition coefficient (Wildman–Crippen LogP) is 3.45. The van der Waals surface area contributed by atoms with Gasteiger partial charge in [0.25, 0.3) is 0 Å². The van der Waals surface area contributed by atoms with Crippen molar-refractivity contribution in [3.63, 3.8) is 0 Å². The van der Waals surface area contributed by atoms with Crippen molar-refractivity contribution in [2.24, 2.45) is 5.10 Å². The number of halogens is 1. The summed E-state index contributed by atoms with van der Waals surface area (Å²) >= 11 is 5.91. The van der Waals surface area contributed by atoms with Crippen LogP contribution in [0.2, 0.25) is 5.02 Å². The second kappa shape index (κ2) is 5.74. The van der Waals surface area contributed by atoms with E-state index in [1.165, 1.54) is 10.7 Å². The van der Waals surface area contributed by atoms with E-state index in [0.717, 1.165) is 16.8 Å². The molecule has 3 rings (SSSR count). The third kappa shape index (κ3) is 3.00. The van der Waals surface area contributed by atoms with Gasteiger partial charge in [0.15, 0.2) is 0 Å². The molecule has 2 aromatic rings. The van der Waals surface area contributed by atoms with Crippen molar-refractivity contribution in [3.8, 4) is 0 Å². The smallest absolute Gasteiger partial charge is 0.205 e. The lowest BCUT2D eigenvalue weighted by atomic mass is 9.99. The van der Waals surface area contributed by atoms with Crippen LogP contribution in [0, 0.1) is 0 Å². The third-order valence-electron chi connectivity index (χ3n) is 3.57. The minimum absolute atomic E-state index is 0.331. The summed E-state index contributed by atoms with van der Waals surface area (Å²) in [5, 5.41) is 4.96. The van der Waals surface area contributed by atoms with Crippen molar-refractivity contribution in [1.82, 2.24) is 4.41 Å². The zero-order valence-corrected chi connectivity index (χ0v) is 13.6. The van der Waals surface area contributed by atoms with Gasteiger partial charge in [-0.1, -0.05) is 54.1 Å². The molecule has 0 aliphatic carbocycles. The number of nitrogens with zero attached hydrogens (tertiary/aromatic N) is 2. The first-order chi connectivity index (χ1) is 10.4. The van der Waals surface area contributed by atoms with E-state index in [-0.39, 0.29) is 6.04 Å². The lowest BCUT2D eigenvalue weighted by Gasteiger charge is -2.21. The standard InChI is InChI=1S/C16H15ClN2O2S/c1-22(20,21)19-16(13-7-9-14(17)10-8-13)11-15(18-19)12-5-3-2-4-6-12/h2-10,16H,11H2,1H3/t16-/m1/s1. The fraction of sp³-hybridized carbons (Fsp3) is 0.188. The summed E-state index contributed by atoms with van der Waals surface area (Å²) in [4.78, 5) is 0. The fourth-order valence-corrected chi connectivity index (χ4v) is 3.56. The predicted molar refractivity (Wildman–Crippen MR) is 88.5 cm³/mol. The number of hydrazone groups is 1. The van der Waals surface area contributed by atoms with E-state index in [1.807, 2.05) is 42.5 Å². The first-order valence-corrected chi connectivity index (χ1v) is 9.05. The highest BCUT2D eigenvalue weighted by molar-refractivity contribution is 7.88. The first kappa shape index (κ1) is 15.1. The molecule has 0 bridgehead atoms. The van der Waals surface area contributed by atoms with Crippen molar-refractivity contribution in [1.29, 1.82) is 0 Å². The highest BCUT2D eigenvalue weighted by atomic mass is 35.5. The summed E-state index contributed by atoms with van der Waals surface area (Å²) in [6.07, 6.45) is 1.71. The topological polar surface area (TPSA) is 49.7 Å².